The van der Waals surface area contributed by atoms with Crippen LogP contribution in [-0.2, 0) is 22.6 Å². The zero-order valence-corrected chi connectivity index (χ0v) is 16.1. The maximum atomic E-state index is 13.2. The monoisotopic (exact) mass is 370 g/mol. The highest BCUT2D eigenvalue weighted by atomic mass is 16.2. The Kier molecular flexibility index (Phi) is 4.22. The molecule has 3 aliphatic rings. The van der Waals surface area contributed by atoms with Gasteiger partial charge in [-0.25, -0.2) is 4.79 Å². The zero-order valence-electron chi connectivity index (χ0n) is 16.1. The molecule has 0 aromatic heterocycles. The van der Waals surface area contributed by atoms with Crippen LogP contribution in [0.25, 0.3) is 0 Å². The number of nitrogens with zero attached hydrogens (tertiary/aromatic N) is 4. The van der Waals surface area contributed by atoms with E-state index in [9.17, 15) is 14.4 Å². The number of fused-ring (bicyclic) bond motifs is 1. The van der Waals surface area contributed by atoms with Gasteiger partial charge >= 0.3 is 6.03 Å². The number of imide groups is 1. The molecule has 1 unspecified atom stereocenters. The SMILES string of the molecule is CN1C(=O)N(C)C2(CCN(C(=O)C3Cc4ccccc4CN3C)CC2)C1=O. The molecule has 3 heterocycles. The Labute approximate surface area is 159 Å². The predicted molar refractivity (Wildman–Crippen MR) is 99.9 cm³/mol. The molecule has 1 spiro atoms. The molecule has 1 aromatic rings. The van der Waals surface area contributed by atoms with E-state index >= 15 is 0 Å². The van der Waals surface area contributed by atoms with Crippen molar-refractivity contribution in [3.63, 3.8) is 0 Å². The maximum Gasteiger partial charge on any atom is 0.327 e. The van der Waals surface area contributed by atoms with E-state index in [-0.39, 0.29) is 23.9 Å². The van der Waals surface area contributed by atoms with Crippen molar-refractivity contribution < 1.29 is 14.4 Å². The third-order valence-electron chi connectivity index (χ3n) is 6.59. The van der Waals surface area contributed by atoms with E-state index in [0.29, 0.717) is 32.4 Å². The number of carbonyl (C=O) groups excluding carboxylic acids is 3. The van der Waals surface area contributed by atoms with Gasteiger partial charge in [0.25, 0.3) is 5.91 Å². The van der Waals surface area contributed by atoms with Crippen LogP contribution < -0.4 is 0 Å². The first kappa shape index (κ1) is 18.0. The average Bonchev–Trinajstić information content (AvgIpc) is 2.84. The Morgan fingerprint density at radius 1 is 1.04 bits per heavy atom. The minimum Gasteiger partial charge on any atom is -0.341 e. The molecule has 7 heteroatoms. The summed E-state index contributed by atoms with van der Waals surface area (Å²) in [7, 11) is 5.21. The van der Waals surface area contributed by atoms with E-state index in [0.717, 1.165) is 6.54 Å². The van der Waals surface area contributed by atoms with Crippen molar-refractivity contribution in [2.45, 2.75) is 37.4 Å². The van der Waals surface area contributed by atoms with Gasteiger partial charge in [-0.15, -0.1) is 0 Å². The van der Waals surface area contributed by atoms with Crippen LogP contribution in [0.1, 0.15) is 24.0 Å². The third-order valence-corrected chi connectivity index (χ3v) is 6.59. The minimum atomic E-state index is -0.784. The molecule has 4 rings (SSSR count). The van der Waals surface area contributed by atoms with Crippen molar-refractivity contribution in [3.8, 4) is 0 Å². The molecule has 0 saturated carbocycles. The summed E-state index contributed by atoms with van der Waals surface area (Å²) in [6.45, 7) is 1.77. The molecule has 2 fully saturated rings. The van der Waals surface area contributed by atoms with Gasteiger partial charge in [-0.1, -0.05) is 24.3 Å². The molecular formula is C20H26N4O3. The van der Waals surface area contributed by atoms with Gasteiger partial charge in [-0.2, -0.15) is 0 Å². The van der Waals surface area contributed by atoms with Crippen LogP contribution >= 0.6 is 0 Å². The van der Waals surface area contributed by atoms with E-state index in [1.54, 1.807) is 11.9 Å². The van der Waals surface area contributed by atoms with Crippen molar-refractivity contribution in [1.82, 2.24) is 19.6 Å². The fourth-order valence-corrected chi connectivity index (χ4v) is 4.74. The van der Waals surface area contributed by atoms with Crippen molar-refractivity contribution in [2.24, 2.45) is 0 Å². The highest BCUT2D eigenvalue weighted by Gasteiger charge is 2.55. The van der Waals surface area contributed by atoms with Gasteiger partial charge < -0.3 is 9.80 Å². The third kappa shape index (κ3) is 2.64. The lowest BCUT2D eigenvalue weighted by molar-refractivity contribution is -0.143. The molecule has 27 heavy (non-hydrogen) atoms. The number of likely N-dealkylation sites (tertiary alicyclic amines) is 1. The van der Waals surface area contributed by atoms with Crippen LogP contribution in [0.15, 0.2) is 24.3 Å². The highest BCUT2D eigenvalue weighted by molar-refractivity contribution is 6.06. The number of carbonyl (C=O) groups is 3. The number of hydrogen-bond acceptors (Lipinski definition) is 4. The van der Waals surface area contributed by atoms with Gasteiger partial charge in [-0.05, 0) is 37.4 Å². The molecule has 0 bridgehead atoms. The lowest BCUT2D eigenvalue weighted by atomic mass is 9.85. The van der Waals surface area contributed by atoms with E-state index in [2.05, 4.69) is 17.0 Å². The molecule has 4 amide bonds. The first-order valence-electron chi connectivity index (χ1n) is 9.47. The quantitative estimate of drug-likeness (QED) is 0.690. The average molecular weight is 370 g/mol. The summed E-state index contributed by atoms with van der Waals surface area (Å²) < 4.78 is 0. The smallest absolute Gasteiger partial charge is 0.327 e. The second-order valence-corrected chi connectivity index (χ2v) is 7.97. The molecule has 144 valence electrons. The number of amides is 4. The summed E-state index contributed by atoms with van der Waals surface area (Å²) in [5.41, 5.74) is 1.73. The summed E-state index contributed by atoms with van der Waals surface area (Å²) in [4.78, 5) is 44.7. The Hall–Kier alpha value is -2.41. The molecule has 7 nitrogen and oxygen atoms in total. The van der Waals surface area contributed by atoms with Crippen LogP contribution in [0.2, 0.25) is 0 Å². The van der Waals surface area contributed by atoms with Gasteiger partial charge in [0, 0.05) is 33.7 Å². The van der Waals surface area contributed by atoms with Crippen LogP contribution in [0.4, 0.5) is 4.79 Å². The molecular weight excluding hydrogens is 344 g/mol. The summed E-state index contributed by atoms with van der Waals surface area (Å²) in [5.74, 6) is -0.0274. The van der Waals surface area contributed by atoms with Crippen LogP contribution in [-0.4, -0.2) is 83.3 Å². The molecule has 1 atom stereocenters. The van der Waals surface area contributed by atoms with Crippen molar-refractivity contribution in [1.29, 1.82) is 0 Å². The first-order chi connectivity index (χ1) is 12.8. The van der Waals surface area contributed by atoms with E-state index < -0.39 is 5.54 Å². The Morgan fingerprint density at radius 2 is 1.67 bits per heavy atom. The van der Waals surface area contributed by atoms with Gasteiger partial charge in [0.15, 0.2) is 0 Å². The summed E-state index contributed by atoms with van der Waals surface area (Å²) >= 11 is 0. The van der Waals surface area contributed by atoms with E-state index in [4.69, 9.17) is 0 Å². The highest BCUT2D eigenvalue weighted by Crippen LogP contribution is 2.36. The molecule has 3 aliphatic heterocycles. The van der Waals surface area contributed by atoms with Crippen LogP contribution in [0.5, 0.6) is 0 Å². The Morgan fingerprint density at radius 3 is 2.26 bits per heavy atom. The normalized spacial score (nSPS) is 25.3. The van der Waals surface area contributed by atoms with Gasteiger partial charge in [-0.3, -0.25) is 19.4 Å². The van der Waals surface area contributed by atoms with Gasteiger partial charge in [0.2, 0.25) is 5.91 Å². The minimum absolute atomic E-state index is 0.120. The summed E-state index contributed by atoms with van der Waals surface area (Å²) in [6, 6.07) is 7.84. The number of urea groups is 1. The fraction of sp³-hybridized carbons (Fsp3) is 0.550. The lowest BCUT2D eigenvalue weighted by Crippen LogP contribution is -2.59. The predicted octanol–water partition coefficient (Wildman–Crippen LogP) is 0.928. The molecule has 2 saturated heterocycles. The number of benzene rings is 1. The number of piperidine rings is 1. The van der Waals surface area contributed by atoms with Gasteiger partial charge in [0.05, 0.1) is 6.04 Å². The summed E-state index contributed by atoms with van der Waals surface area (Å²) in [5, 5.41) is 0. The Bertz CT molecular complexity index is 800. The molecule has 0 radical (unpaired) electrons. The second-order valence-electron chi connectivity index (χ2n) is 7.97. The number of hydrogen-bond donors (Lipinski definition) is 0. The topological polar surface area (TPSA) is 64.2 Å². The van der Waals surface area contributed by atoms with Crippen molar-refractivity contribution in [2.75, 3.05) is 34.2 Å². The number of likely N-dealkylation sites (N-methyl/N-ethyl adjacent to an activating group) is 3. The zero-order chi connectivity index (χ0) is 19.3. The van der Waals surface area contributed by atoms with E-state index in [1.807, 2.05) is 24.1 Å². The van der Waals surface area contributed by atoms with Gasteiger partial charge in [0.1, 0.15) is 5.54 Å². The largest absolute Gasteiger partial charge is 0.341 e. The molecule has 0 aliphatic carbocycles. The van der Waals surface area contributed by atoms with Crippen molar-refractivity contribution in [3.05, 3.63) is 35.4 Å². The standard InChI is InChI=1S/C20H26N4O3/c1-21-13-15-7-5-4-6-14(15)12-16(21)17(25)24-10-8-20(9-11-24)18(26)22(2)19(27)23(20)3/h4-7,16H,8-13H2,1-3H3. The van der Waals surface area contributed by atoms with E-state index in [1.165, 1.54) is 23.1 Å². The van der Waals surface area contributed by atoms with Crippen LogP contribution in [0, 0.1) is 0 Å². The summed E-state index contributed by atoms with van der Waals surface area (Å²) in [6.07, 6.45) is 1.71. The molecule has 1 aromatic carbocycles. The maximum absolute atomic E-state index is 13.2. The lowest BCUT2D eigenvalue weighted by Gasteiger charge is -2.43. The second kappa shape index (κ2) is 6.34. The van der Waals surface area contributed by atoms with Crippen molar-refractivity contribution >= 4 is 17.8 Å². The fourth-order valence-electron chi connectivity index (χ4n) is 4.74. The first-order valence-corrected chi connectivity index (χ1v) is 9.47. The Balaban J connectivity index is 1.47. The van der Waals surface area contributed by atoms with Crippen LogP contribution in [0.3, 0.4) is 0 Å². The molecule has 0 N–H and O–H groups in total. The number of rotatable bonds is 1.